The molecule has 0 aliphatic carbocycles. The first-order chi connectivity index (χ1) is 13.8. The SMILES string of the molecule is CCc1ccc(OCCOc2ccc(CNC(=O)CC#N)cc2)c(C(C)(C)C)c1. The minimum atomic E-state index is -0.272. The van der Waals surface area contributed by atoms with Gasteiger partial charge < -0.3 is 14.8 Å². The number of nitrogens with one attached hydrogen (secondary N) is 1. The molecule has 0 spiro atoms. The van der Waals surface area contributed by atoms with Gasteiger partial charge in [-0.25, -0.2) is 0 Å². The van der Waals surface area contributed by atoms with Crippen LogP contribution in [0.15, 0.2) is 42.5 Å². The lowest BCUT2D eigenvalue weighted by molar-refractivity contribution is -0.120. The fourth-order valence-corrected chi connectivity index (χ4v) is 2.86. The molecule has 0 bridgehead atoms. The number of ether oxygens (including phenoxy) is 2. The van der Waals surface area contributed by atoms with Crippen LogP contribution in [0.25, 0.3) is 0 Å². The van der Waals surface area contributed by atoms with Gasteiger partial charge in [-0.3, -0.25) is 4.79 Å². The molecule has 0 fully saturated rings. The summed E-state index contributed by atoms with van der Waals surface area (Å²) in [4.78, 5) is 11.3. The van der Waals surface area contributed by atoms with E-state index < -0.39 is 0 Å². The van der Waals surface area contributed by atoms with E-state index in [4.69, 9.17) is 14.7 Å². The molecule has 0 saturated carbocycles. The Kier molecular flexibility index (Phi) is 8.09. The van der Waals surface area contributed by atoms with E-state index in [0.29, 0.717) is 19.8 Å². The van der Waals surface area contributed by atoms with Crippen LogP contribution in [0.3, 0.4) is 0 Å². The predicted octanol–water partition coefficient (Wildman–Crippen LogP) is 4.53. The average molecular weight is 395 g/mol. The van der Waals surface area contributed by atoms with Gasteiger partial charge in [0.05, 0.1) is 6.07 Å². The second-order valence-electron chi connectivity index (χ2n) is 7.89. The summed E-state index contributed by atoms with van der Waals surface area (Å²) in [5.74, 6) is 1.38. The Hall–Kier alpha value is -3.00. The summed E-state index contributed by atoms with van der Waals surface area (Å²) in [7, 11) is 0. The number of carbonyl (C=O) groups is 1. The number of aryl methyl sites for hydroxylation is 1. The molecule has 5 nitrogen and oxygen atoms in total. The van der Waals surface area contributed by atoms with Gasteiger partial charge in [0.25, 0.3) is 0 Å². The number of nitrogens with zero attached hydrogens (tertiary/aromatic N) is 1. The first-order valence-corrected chi connectivity index (χ1v) is 9.95. The molecular weight excluding hydrogens is 364 g/mol. The van der Waals surface area contributed by atoms with Crippen molar-refractivity contribution >= 4 is 5.91 Å². The largest absolute Gasteiger partial charge is 0.490 e. The number of hydrogen-bond acceptors (Lipinski definition) is 4. The molecule has 0 unspecified atom stereocenters. The smallest absolute Gasteiger partial charge is 0.234 e. The highest BCUT2D eigenvalue weighted by Crippen LogP contribution is 2.32. The van der Waals surface area contributed by atoms with E-state index in [1.54, 1.807) is 0 Å². The highest BCUT2D eigenvalue weighted by Gasteiger charge is 2.19. The Labute approximate surface area is 173 Å². The second-order valence-corrected chi connectivity index (χ2v) is 7.89. The van der Waals surface area contributed by atoms with E-state index in [1.807, 2.05) is 30.3 Å². The molecule has 2 aromatic carbocycles. The standard InChI is InChI=1S/C24H30N2O3/c1-5-18-8-11-22(21(16-18)24(2,3)4)29-15-14-28-20-9-6-19(7-10-20)17-26-23(27)12-13-25/h6-11,16H,5,12,14-15,17H2,1-4H3,(H,26,27). The van der Waals surface area contributed by atoms with Gasteiger partial charge in [0, 0.05) is 6.54 Å². The Morgan fingerprint density at radius 1 is 1.03 bits per heavy atom. The molecule has 0 aromatic heterocycles. The van der Waals surface area contributed by atoms with Gasteiger partial charge in [-0.2, -0.15) is 5.26 Å². The Balaban J connectivity index is 1.84. The van der Waals surface area contributed by atoms with E-state index in [0.717, 1.165) is 23.5 Å². The van der Waals surface area contributed by atoms with Crippen LogP contribution in [-0.2, 0) is 23.2 Å². The van der Waals surface area contributed by atoms with Crippen molar-refractivity contribution in [3.05, 3.63) is 59.2 Å². The van der Waals surface area contributed by atoms with Gasteiger partial charge in [0.2, 0.25) is 5.91 Å². The van der Waals surface area contributed by atoms with Crippen molar-refractivity contribution in [2.45, 2.75) is 52.5 Å². The number of hydrogen-bond donors (Lipinski definition) is 1. The van der Waals surface area contributed by atoms with Crippen molar-refractivity contribution in [1.29, 1.82) is 5.26 Å². The van der Waals surface area contributed by atoms with Crippen LogP contribution < -0.4 is 14.8 Å². The van der Waals surface area contributed by atoms with Gasteiger partial charge in [-0.05, 0) is 46.7 Å². The van der Waals surface area contributed by atoms with Crippen LogP contribution in [-0.4, -0.2) is 19.1 Å². The molecule has 0 atom stereocenters. The number of carbonyl (C=O) groups excluding carboxylic acids is 1. The summed E-state index contributed by atoms with van der Waals surface area (Å²) in [5.41, 5.74) is 3.48. The van der Waals surface area contributed by atoms with Crippen LogP contribution >= 0.6 is 0 Å². The minimum Gasteiger partial charge on any atom is -0.490 e. The second kappa shape index (κ2) is 10.5. The highest BCUT2D eigenvalue weighted by molar-refractivity contribution is 5.77. The molecule has 29 heavy (non-hydrogen) atoms. The fourth-order valence-electron chi connectivity index (χ4n) is 2.86. The zero-order valence-electron chi connectivity index (χ0n) is 17.7. The zero-order valence-corrected chi connectivity index (χ0v) is 17.7. The molecule has 0 saturated heterocycles. The van der Waals surface area contributed by atoms with Gasteiger partial charge in [0.1, 0.15) is 31.1 Å². The lowest BCUT2D eigenvalue weighted by Crippen LogP contribution is -2.21. The summed E-state index contributed by atoms with van der Waals surface area (Å²) in [6.07, 6.45) is 0.879. The minimum absolute atomic E-state index is 0.0137. The van der Waals surface area contributed by atoms with Crippen LogP contribution in [0.5, 0.6) is 11.5 Å². The van der Waals surface area contributed by atoms with E-state index in [1.165, 1.54) is 11.1 Å². The molecule has 1 N–H and O–H groups in total. The number of benzene rings is 2. The third kappa shape index (κ3) is 7.15. The lowest BCUT2D eigenvalue weighted by atomic mass is 9.85. The molecule has 1 amide bonds. The van der Waals surface area contributed by atoms with Gasteiger partial charge >= 0.3 is 0 Å². The molecule has 154 valence electrons. The van der Waals surface area contributed by atoms with Gasteiger partial charge in [-0.15, -0.1) is 0 Å². The van der Waals surface area contributed by atoms with Crippen molar-refractivity contribution in [3.63, 3.8) is 0 Å². The first-order valence-electron chi connectivity index (χ1n) is 9.95. The molecule has 0 radical (unpaired) electrons. The van der Waals surface area contributed by atoms with E-state index >= 15 is 0 Å². The van der Waals surface area contributed by atoms with Gasteiger partial charge in [-0.1, -0.05) is 52.0 Å². The quantitative estimate of drug-likeness (QED) is 0.634. The third-order valence-electron chi connectivity index (χ3n) is 4.52. The van der Waals surface area contributed by atoms with Crippen molar-refractivity contribution in [1.82, 2.24) is 5.32 Å². The average Bonchev–Trinajstić information content (AvgIpc) is 2.70. The fraction of sp³-hybridized carbons (Fsp3) is 0.417. The maximum absolute atomic E-state index is 11.3. The Bertz CT molecular complexity index is 846. The summed E-state index contributed by atoms with van der Waals surface area (Å²) >= 11 is 0. The Morgan fingerprint density at radius 2 is 1.69 bits per heavy atom. The number of rotatable bonds is 9. The van der Waals surface area contributed by atoms with E-state index in [9.17, 15) is 4.79 Å². The van der Waals surface area contributed by atoms with E-state index in [-0.39, 0.29) is 17.7 Å². The lowest BCUT2D eigenvalue weighted by Gasteiger charge is -2.23. The molecule has 2 aromatic rings. The first kappa shape index (κ1) is 22.3. The summed E-state index contributed by atoms with van der Waals surface area (Å²) in [6.45, 7) is 10.0. The van der Waals surface area contributed by atoms with Crippen LogP contribution in [0.1, 0.15) is 50.8 Å². The Morgan fingerprint density at radius 3 is 2.31 bits per heavy atom. The monoisotopic (exact) mass is 394 g/mol. The van der Waals surface area contributed by atoms with Crippen molar-refractivity contribution in [2.24, 2.45) is 0 Å². The number of amides is 1. The predicted molar refractivity (Wildman–Crippen MR) is 114 cm³/mol. The molecular formula is C24H30N2O3. The molecule has 0 aliphatic rings. The maximum atomic E-state index is 11.3. The maximum Gasteiger partial charge on any atom is 0.234 e. The zero-order chi connectivity index (χ0) is 21.3. The van der Waals surface area contributed by atoms with Crippen molar-refractivity contribution in [2.75, 3.05) is 13.2 Å². The third-order valence-corrected chi connectivity index (χ3v) is 4.52. The normalized spacial score (nSPS) is 10.9. The topological polar surface area (TPSA) is 71.3 Å². The molecule has 5 heteroatoms. The molecule has 0 aliphatic heterocycles. The van der Waals surface area contributed by atoms with Gasteiger partial charge in [0.15, 0.2) is 0 Å². The van der Waals surface area contributed by atoms with E-state index in [2.05, 4.69) is 51.2 Å². The summed E-state index contributed by atoms with van der Waals surface area (Å²) in [6, 6.07) is 15.7. The summed E-state index contributed by atoms with van der Waals surface area (Å²) in [5, 5.41) is 11.2. The van der Waals surface area contributed by atoms with Crippen molar-refractivity contribution in [3.8, 4) is 17.6 Å². The highest BCUT2D eigenvalue weighted by atomic mass is 16.5. The molecule has 2 rings (SSSR count). The van der Waals surface area contributed by atoms with Crippen LogP contribution in [0, 0.1) is 11.3 Å². The number of nitriles is 1. The van der Waals surface area contributed by atoms with Crippen LogP contribution in [0.4, 0.5) is 0 Å². The van der Waals surface area contributed by atoms with Crippen molar-refractivity contribution < 1.29 is 14.3 Å². The van der Waals surface area contributed by atoms with Crippen LogP contribution in [0.2, 0.25) is 0 Å². The molecule has 0 heterocycles. The summed E-state index contributed by atoms with van der Waals surface area (Å²) < 4.78 is 11.8.